The molecular formula is C15H30N2O. The van der Waals surface area contributed by atoms with Crippen LogP contribution >= 0.6 is 0 Å². The largest absolute Gasteiger partial charge is 0.343 e. The van der Waals surface area contributed by atoms with Gasteiger partial charge in [-0.3, -0.25) is 4.79 Å². The number of piperidine rings is 1. The third-order valence-corrected chi connectivity index (χ3v) is 4.77. The quantitative estimate of drug-likeness (QED) is 0.792. The van der Waals surface area contributed by atoms with Crippen LogP contribution in [0.4, 0.5) is 0 Å². The van der Waals surface area contributed by atoms with Crippen molar-refractivity contribution in [1.82, 2.24) is 4.90 Å². The Morgan fingerprint density at radius 2 is 1.78 bits per heavy atom. The van der Waals surface area contributed by atoms with Crippen LogP contribution < -0.4 is 5.73 Å². The molecule has 1 aliphatic rings. The predicted octanol–water partition coefficient (Wildman–Crippen LogP) is 2.93. The minimum Gasteiger partial charge on any atom is -0.343 e. The first kappa shape index (κ1) is 15.5. The van der Waals surface area contributed by atoms with Crippen molar-refractivity contribution in [2.24, 2.45) is 11.1 Å². The summed E-state index contributed by atoms with van der Waals surface area (Å²) in [5, 5.41) is 0. The number of hydrogen-bond donors (Lipinski definition) is 1. The van der Waals surface area contributed by atoms with E-state index in [0.717, 1.165) is 38.8 Å². The fraction of sp³-hybridized carbons (Fsp3) is 0.933. The van der Waals surface area contributed by atoms with Gasteiger partial charge in [0.2, 0.25) is 5.91 Å². The van der Waals surface area contributed by atoms with Crippen LogP contribution in [0.5, 0.6) is 0 Å². The Morgan fingerprint density at radius 3 is 2.22 bits per heavy atom. The molecule has 3 nitrogen and oxygen atoms in total. The Bertz CT molecular complexity index is 251. The zero-order valence-electron chi connectivity index (χ0n) is 12.4. The van der Waals surface area contributed by atoms with Gasteiger partial charge >= 0.3 is 0 Å². The lowest BCUT2D eigenvalue weighted by Crippen LogP contribution is -2.44. The average molecular weight is 254 g/mol. The molecule has 0 aromatic carbocycles. The Hall–Kier alpha value is -0.570. The smallest absolute Gasteiger partial charge is 0.224 e. The van der Waals surface area contributed by atoms with Crippen molar-refractivity contribution >= 4 is 5.91 Å². The highest BCUT2D eigenvalue weighted by Gasteiger charge is 2.32. The SMILES string of the molecule is CCCC(N)CC(=O)N1CCC(CC)(CC)CC1. The molecule has 0 radical (unpaired) electrons. The maximum Gasteiger partial charge on any atom is 0.224 e. The van der Waals surface area contributed by atoms with E-state index in [1.807, 2.05) is 4.90 Å². The van der Waals surface area contributed by atoms with Crippen molar-refractivity contribution < 1.29 is 4.79 Å². The van der Waals surface area contributed by atoms with Crippen LogP contribution in [-0.2, 0) is 4.79 Å². The van der Waals surface area contributed by atoms with E-state index in [1.54, 1.807) is 0 Å². The Kier molecular flexibility index (Phi) is 6.13. The van der Waals surface area contributed by atoms with Crippen LogP contribution in [-0.4, -0.2) is 29.9 Å². The Morgan fingerprint density at radius 1 is 1.22 bits per heavy atom. The number of nitrogens with two attached hydrogens (primary N) is 1. The number of amides is 1. The molecule has 3 heteroatoms. The maximum absolute atomic E-state index is 12.1. The van der Waals surface area contributed by atoms with Crippen LogP contribution in [0.2, 0.25) is 0 Å². The topological polar surface area (TPSA) is 46.3 Å². The van der Waals surface area contributed by atoms with E-state index in [9.17, 15) is 4.79 Å². The molecule has 0 aromatic rings. The molecule has 1 aliphatic heterocycles. The van der Waals surface area contributed by atoms with Crippen LogP contribution in [0.25, 0.3) is 0 Å². The summed E-state index contributed by atoms with van der Waals surface area (Å²) in [5.41, 5.74) is 6.44. The van der Waals surface area contributed by atoms with Crippen molar-refractivity contribution in [3.63, 3.8) is 0 Å². The highest BCUT2D eigenvalue weighted by molar-refractivity contribution is 5.76. The molecule has 0 aromatic heterocycles. The third-order valence-electron chi connectivity index (χ3n) is 4.77. The summed E-state index contributed by atoms with van der Waals surface area (Å²) in [4.78, 5) is 14.1. The van der Waals surface area contributed by atoms with Gasteiger partial charge in [0.25, 0.3) is 0 Å². The van der Waals surface area contributed by atoms with E-state index in [4.69, 9.17) is 5.73 Å². The normalized spacial score (nSPS) is 20.8. The summed E-state index contributed by atoms with van der Waals surface area (Å²) in [5.74, 6) is 0.261. The molecule has 1 saturated heterocycles. The van der Waals surface area contributed by atoms with Gasteiger partial charge in [-0.15, -0.1) is 0 Å². The second-order valence-corrected chi connectivity index (χ2v) is 5.84. The van der Waals surface area contributed by atoms with Crippen molar-refractivity contribution in [1.29, 1.82) is 0 Å². The van der Waals surface area contributed by atoms with Gasteiger partial charge in [0, 0.05) is 25.6 Å². The molecule has 1 rings (SSSR count). The molecule has 0 aliphatic carbocycles. The molecule has 1 amide bonds. The molecule has 0 bridgehead atoms. The highest BCUT2D eigenvalue weighted by atomic mass is 16.2. The van der Waals surface area contributed by atoms with Gasteiger partial charge in [0.05, 0.1) is 0 Å². The molecule has 106 valence electrons. The van der Waals surface area contributed by atoms with E-state index in [0.29, 0.717) is 11.8 Å². The van der Waals surface area contributed by atoms with E-state index in [1.165, 1.54) is 12.8 Å². The standard InChI is InChI=1S/C15H30N2O/c1-4-7-13(16)12-14(18)17-10-8-15(5-2,6-3)9-11-17/h13H,4-12,16H2,1-3H3. The number of carbonyl (C=O) groups excluding carboxylic acids is 1. The minimum absolute atomic E-state index is 0.0477. The summed E-state index contributed by atoms with van der Waals surface area (Å²) in [6.45, 7) is 8.52. The lowest BCUT2D eigenvalue weighted by atomic mass is 9.74. The average Bonchev–Trinajstić information content (AvgIpc) is 2.39. The number of likely N-dealkylation sites (tertiary alicyclic amines) is 1. The van der Waals surface area contributed by atoms with Crippen LogP contribution in [0.1, 0.15) is 65.7 Å². The second kappa shape index (κ2) is 7.13. The summed E-state index contributed by atoms with van der Waals surface area (Å²) >= 11 is 0. The van der Waals surface area contributed by atoms with Gasteiger partial charge in [-0.2, -0.15) is 0 Å². The van der Waals surface area contributed by atoms with E-state index in [2.05, 4.69) is 20.8 Å². The first-order valence-corrected chi connectivity index (χ1v) is 7.60. The fourth-order valence-corrected chi connectivity index (χ4v) is 3.01. The summed E-state index contributed by atoms with van der Waals surface area (Å²) in [6.07, 6.45) is 7.33. The van der Waals surface area contributed by atoms with Gasteiger partial charge in [0.15, 0.2) is 0 Å². The van der Waals surface area contributed by atoms with Crippen molar-refractivity contribution in [2.75, 3.05) is 13.1 Å². The van der Waals surface area contributed by atoms with E-state index < -0.39 is 0 Å². The monoisotopic (exact) mass is 254 g/mol. The summed E-state index contributed by atoms with van der Waals surface area (Å²) in [7, 11) is 0. The van der Waals surface area contributed by atoms with Gasteiger partial charge in [0.1, 0.15) is 0 Å². The van der Waals surface area contributed by atoms with Crippen LogP contribution in [0.15, 0.2) is 0 Å². The number of rotatable bonds is 6. The van der Waals surface area contributed by atoms with Crippen molar-refractivity contribution in [2.45, 2.75) is 71.8 Å². The number of hydrogen-bond acceptors (Lipinski definition) is 2. The predicted molar refractivity (Wildman–Crippen MR) is 76.3 cm³/mol. The molecule has 1 unspecified atom stereocenters. The van der Waals surface area contributed by atoms with Gasteiger partial charge in [-0.05, 0) is 24.7 Å². The minimum atomic E-state index is 0.0477. The Labute approximate surface area is 112 Å². The first-order valence-electron chi connectivity index (χ1n) is 7.60. The third kappa shape index (κ3) is 3.98. The number of nitrogens with zero attached hydrogens (tertiary/aromatic N) is 1. The fourth-order valence-electron chi connectivity index (χ4n) is 3.01. The first-order chi connectivity index (χ1) is 8.56. The molecule has 18 heavy (non-hydrogen) atoms. The molecule has 0 saturated carbocycles. The maximum atomic E-state index is 12.1. The van der Waals surface area contributed by atoms with Gasteiger partial charge in [-0.1, -0.05) is 40.0 Å². The highest BCUT2D eigenvalue weighted by Crippen LogP contribution is 2.37. The lowest BCUT2D eigenvalue weighted by Gasteiger charge is -2.41. The van der Waals surface area contributed by atoms with Gasteiger partial charge < -0.3 is 10.6 Å². The summed E-state index contributed by atoms with van der Waals surface area (Å²) in [6, 6.07) is 0.0477. The summed E-state index contributed by atoms with van der Waals surface area (Å²) < 4.78 is 0. The molecular weight excluding hydrogens is 224 g/mol. The van der Waals surface area contributed by atoms with Crippen molar-refractivity contribution in [3.8, 4) is 0 Å². The number of carbonyl (C=O) groups is 1. The van der Waals surface area contributed by atoms with Gasteiger partial charge in [-0.25, -0.2) is 0 Å². The molecule has 1 atom stereocenters. The van der Waals surface area contributed by atoms with E-state index >= 15 is 0 Å². The second-order valence-electron chi connectivity index (χ2n) is 5.84. The molecule has 1 fully saturated rings. The zero-order valence-corrected chi connectivity index (χ0v) is 12.4. The molecule has 1 heterocycles. The molecule has 0 spiro atoms. The lowest BCUT2D eigenvalue weighted by molar-refractivity contribution is -0.134. The van der Waals surface area contributed by atoms with Crippen LogP contribution in [0, 0.1) is 5.41 Å². The van der Waals surface area contributed by atoms with Crippen LogP contribution in [0.3, 0.4) is 0 Å². The molecule has 2 N–H and O–H groups in total. The van der Waals surface area contributed by atoms with Crippen molar-refractivity contribution in [3.05, 3.63) is 0 Å². The van der Waals surface area contributed by atoms with E-state index in [-0.39, 0.29) is 11.9 Å². The Balaban J connectivity index is 2.40. The zero-order chi connectivity index (χ0) is 13.6.